The van der Waals surface area contributed by atoms with E-state index in [1.807, 2.05) is 18.2 Å². The average molecular weight is 377 g/mol. The second-order valence-electron chi connectivity index (χ2n) is 6.10. The largest absolute Gasteiger partial charge is 0.366 e. The lowest BCUT2D eigenvalue weighted by Gasteiger charge is -2.20. The van der Waals surface area contributed by atoms with Crippen LogP contribution in [-0.2, 0) is 0 Å². The molecule has 0 saturated carbocycles. The number of carbonyl (C=O) groups is 1. The number of rotatable bonds is 5. The van der Waals surface area contributed by atoms with E-state index in [0.717, 1.165) is 22.8 Å². The van der Waals surface area contributed by atoms with Crippen molar-refractivity contribution in [1.29, 1.82) is 0 Å². The van der Waals surface area contributed by atoms with Gasteiger partial charge in [-0.2, -0.15) is 10.1 Å². The molecule has 2 aromatic carbocycles. The maximum Gasteiger partial charge on any atom is 0.248 e. The molecule has 0 aliphatic heterocycles. The van der Waals surface area contributed by atoms with Crippen LogP contribution in [0.15, 0.2) is 54.9 Å². The lowest BCUT2D eigenvalue weighted by molar-refractivity contribution is 0.100. The molecule has 0 atom stereocenters. The number of halogens is 1. The van der Waals surface area contributed by atoms with Crippen LogP contribution < -0.4 is 16.0 Å². The molecule has 4 rings (SSSR count). The first kappa shape index (κ1) is 17.4. The number of aromatic amines is 1. The van der Waals surface area contributed by atoms with Gasteiger partial charge in [0.25, 0.3) is 0 Å². The number of carbonyl (C=O) groups excluding carboxylic acids is 1. The molecule has 0 aliphatic rings. The first-order valence-corrected chi connectivity index (χ1v) is 8.38. The smallest absolute Gasteiger partial charge is 0.248 e. The predicted molar refractivity (Wildman–Crippen MR) is 104 cm³/mol. The summed E-state index contributed by atoms with van der Waals surface area (Å²) in [5.41, 5.74) is 7.78. The Kier molecular flexibility index (Phi) is 4.32. The third-order valence-corrected chi connectivity index (χ3v) is 4.27. The molecule has 1 amide bonds. The summed E-state index contributed by atoms with van der Waals surface area (Å²) in [5.74, 6) is -0.835. The number of anilines is 4. The third kappa shape index (κ3) is 3.20. The molecule has 2 heterocycles. The van der Waals surface area contributed by atoms with E-state index < -0.39 is 11.7 Å². The van der Waals surface area contributed by atoms with Crippen molar-refractivity contribution in [3.63, 3.8) is 0 Å². The van der Waals surface area contributed by atoms with E-state index in [-0.39, 0.29) is 11.8 Å². The summed E-state index contributed by atoms with van der Waals surface area (Å²) in [6, 6.07) is 12.2. The minimum atomic E-state index is -0.570. The molecular formula is C19H16FN7O. The Morgan fingerprint density at radius 2 is 2.04 bits per heavy atom. The van der Waals surface area contributed by atoms with Crippen molar-refractivity contribution in [2.24, 2.45) is 5.73 Å². The first-order valence-electron chi connectivity index (χ1n) is 8.38. The fourth-order valence-electron chi connectivity index (χ4n) is 2.89. The van der Waals surface area contributed by atoms with Gasteiger partial charge in [0.1, 0.15) is 0 Å². The van der Waals surface area contributed by atoms with Crippen molar-refractivity contribution in [3.8, 4) is 0 Å². The quantitative estimate of drug-likeness (QED) is 0.493. The highest BCUT2D eigenvalue weighted by Gasteiger charge is 2.16. The normalized spacial score (nSPS) is 10.8. The predicted octanol–water partition coefficient (Wildman–Crippen LogP) is 3.10. The Hall–Kier alpha value is -4.01. The summed E-state index contributed by atoms with van der Waals surface area (Å²) in [7, 11) is 1.71. The van der Waals surface area contributed by atoms with Crippen molar-refractivity contribution in [3.05, 3.63) is 66.2 Å². The number of nitrogens with two attached hydrogens (primary N) is 1. The van der Waals surface area contributed by atoms with Gasteiger partial charge in [0, 0.05) is 23.7 Å². The summed E-state index contributed by atoms with van der Waals surface area (Å²) in [4.78, 5) is 21.2. The van der Waals surface area contributed by atoms with Crippen LogP contribution in [0, 0.1) is 5.82 Å². The molecule has 0 saturated heterocycles. The van der Waals surface area contributed by atoms with Gasteiger partial charge in [-0.15, -0.1) is 0 Å². The summed E-state index contributed by atoms with van der Waals surface area (Å²) >= 11 is 0. The molecule has 2 aromatic heterocycles. The lowest BCUT2D eigenvalue weighted by Crippen LogP contribution is -2.15. The molecule has 140 valence electrons. The van der Waals surface area contributed by atoms with E-state index in [2.05, 4.69) is 25.5 Å². The number of hydrogen-bond donors (Lipinski definition) is 3. The zero-order chi connectivity index (χ0) is 19.7. The molecule has 28 heavy (non-hydrogen) atoms. The fourth-order valence-corrected chi connectivity index (χ4v) is 2.89. The van der Waals surface area contributed by atoms with E-state index in [1.165, 1.54) is 0 Å². The zero-order valence-corrected chi connectivity index (χ0v) is 14.8. The highest BCUT2D eigenvalue weighted by atomic mass is 19.1. The van der Waals surface area contributed by atoms with Crippen LogP contribution in [0.2, 0.25) is 0 Å². The van der Waals surface area contributed by atoms with Crippen LogP contribution in [0.4, 0.5) is 27.5 Å². The Labute approximate surface area is 159 Å². The third-order valence-electron chi connectivity index (χ3n) is 4.27. The molecule has 0 fully saturated rings. The van der Waals surface area contributed by atoms with Crippen LogP contribution in [0.3, 0.4) is 0 Å². The molecule has 0 radical (unpaired) electrons. The van der Waals surface area contributed by atoms with Crippen molar-refractivity contribution in [2.75, 3.05) is 17.3 Å². The maximum absolute atomic E-state index is 14.5. The molecule has 0 spiro atoms. The van der Waals surface area contributed by atoms with E-state index in [0.29, 0.717) is 11.3 Å². The summed E-state index contributed by atoms with van der Waals surface area (Å²) < 4.78 is 14.5. The molecule has 4 aromatic rings. The number of nitrogens with zero attached hydrogens (tertiary/aromatic N) is 4. The number of nitrogens with one attached hydrogen (secondary N) is 2. The minimum absolute atomic E-state index is 0.0947. The van der Waals surface area contributed by atoms with E-state index in [9.17, 15) is 9.18 Å². The second kappa shape index (κ2) is 6.95. The van der Waals surface area contributed by atoms with Gasteiger partial charge in [-0.3, -0.25) is 9.89 Å². The van der Waals surface area contributed by atoms with E-state index >= 15 is 0 Å². The minimum Gasteiger partial charge on any atom is -0.366 e. The number of fused-ring (bicyclic) bond motifs is 1. The molecule has 0 aliphatic carbocycles. The van der Waals surface area contributed by atoms with Gasteiger partial charge in [-0.05, 0) is 30.3 Å². The van der Waals surface area contributed by atoms with Crippen LogP contribution in [0.5, 0.6) is 0 Å². The molecule has 8 nitrogen and oxygen atoms in total. The maximum atomic E-state index is 14.5. The molecule has 9 heteroatoms. The van der Waals surface area contributed by atoms with Crippen LogP contribution in [-0.4, -0.2) is 33.1 Å². The Morgan fingerprint density at radius 1 is 1.21 bits per heavy atom. The van der Waals surface area contributed by atoms with E-state index in [4.69, 9.17) is 5.73 Å². The number of primary amides is 1. The lowest BCUT2D eigenvalue weighted by atomic mass is 10.2. The van der Waals surface area contributed by atoms with Gasteiger partial charge in [-0.1, -0.05) is 12.1 Å². The highest BCUT2D eigenvalue weighted by Crippen LogP contribution is 2.31. The topological polar surface area (TPSA) is 113 Å². The van der Waals surface area contributed by atoms with Gasteiger partial charge in [0.05, 0.1) is 23.6 Å². The standard InChI is InChI=1S/C19H16FN7O/c1-27(16-7-3-6-15-13(16)9-23-26-15)18-14(20)10-22-19(25-18)24-12-5-2-4-11(8-12)17(21)28/h2-10H,1H3,(H2,21,28)(H,23,26)(H,22,24,25). The Bertz CT molecular complexity index is 1170. The van der Waals surface area contributed by atoms with Crippen molar-refractivity contribution < 1.29 is 9.18 Å². The summed E-state index contributed by atoms with van der Waals surface area (Å²) in [6.07, 6.45) is 2.77. The highest BCUT2D eigenvalue weighted by molar-refractivity contribution is 5.94. The van der Waals surface area contributed by atoms with Gasteiger partial charge >= 0.3 is 0 Å². The van der Waals surface area contributed by atoms with Crippen LogP contribution in [0.25, 0.3) is 10.9 Å². The number of hydrogen-bond acceptors (Lipinski definition) is 6. The molecule has 0 unspecified atom stereocenters. The van der Waals surface area contributed by atoms with Gasteiger partial charge < -0.3 is 16.0 Å². The first-order chi connectivity index (χ1) is 13.5. The zero-order valence-electron chi connectivity index (χ0n) is 14.8. The number of amides is 1. The van der Waals surface area contributed by atoms with Crippen molar-refractivity contribution >= 4 is 40.0 Å². The van der Waals surface area contributed by atoms with Crippen LogP contribution in [0.1, 0.15) is 10.4 Å². The van der Waals surface area contributed by atoms with Gasteiger partial charge in [0.2, 0.25) is 11.9 Å². The Morgan fingerprint density at radius 3 is 2.86 bits per heavy atom. The summed E-state index contributed by atoms with van der Waals surface area (Å²) in [6.45, 7) is 0. The Balaban J connectivity index is 1.68. The average Bonchev–Trinajstić information content (AvgIpc) is 3.18. The number of aromatic nitrogens is 4. The molecular weight excluding hydrogens is 361 g/mol. The van der Waals surface area contributed by atoms with Crippen molar-refractivity contribution in [2.45, 2.75) is 0 Å². The molecule has 4 N–H and O–H groups in total. The monoisotopic (exact) mass is 377 g/mol. The second-order valence-corrected chi connectivity index (χ2v) is 6.10. The SMILES string of the molecule is CN(c1nc(Nc2cccc(C(N)=O)c2)ncc1F)c1cccc2[nH]ncc12. The van der Waals surface area contributed by atoms with Gasteiger partial charge in [0.15, 0.2) is 11.6 Å². The van der Waals surface area contributed by atoms with Crippen molar-refractivity contribution in [1.82, 2.24) is 20.2 Å². The molecule has 0 bridgehead atoms. The number of H-pyrrole nitrogens is 1. The van der Waals surface area contributed by atoms with Crippen LogP contribution >= 0.6 is 0 Å². The number of benzene rings is 2. The summed E-state index contributed by atoms with van der Waals surface area (Å²) in [5, 5.41) is 10.7. The fraction of sp³-hybridized carbons (Fsp3) is 0.0526. The van der Waals surface area contributed by atoms with Gasteiger partial charge in [-0.25, -0.2) is 9.37 Å². The van der Waals surface area contributed by atoms with E-state index in [1.54, 1.807) is 42.4 Å².